The van der Waals surface area contributed by atoms with E-state index < -0.39 is 6.10 Å². The van der Waals surface area contributed by atoms with Crippen LogP contribution in [0.2, 0.25) is 0 Å². The molecule has 23 heavy (non-hydrogen) atoms. The molecule has 0 saturated carbocycles. The number of hydrogen-bond donors (Lipinski definition) is 1. The van der Waals surface area contributed by atoms with E-state index in [1.54, 1.807) is 6.92 Å². The minimum Gasteiger partial charge on any atom is -0.481 e. The van der Waals surface area contributed by atoms with Gasteiger partial charge < -0.3 is 10.1 Å². The fraction of sp³-hybridized carbons (Fsp3) is 0.450. The zero-order chi connectivity index (χ0) is 17.0. The molecule has 3 nitrogen and oxygen atoms in total. The number of carbonyl (C=O) groups is 1. The fourth-order valence-electron chi connectivity index (χ4n) is 2.88. The smallest absolute Gasteiger partial charge is 0.261 e. The first kappa shape index (κ1) is 17.3. The highest BCUT2D eigenvalue weighted by atomic mass is 16.5. The Labute approximate surface area is 139 Å². The quantitative estimate of drug-likeness (QED) is 0.858. The molecule has 0 aromatic heterocycles. The topological polar surface area (TPSA) is 38.3 Å². The van der Waals surface area contributed by atoms with E-state index in [1.807, 2.05) is 36.4 Å². The van der Waals surface area contributed by atoms with Crippen LogP contribution in [0.15, 0.2) is 42.5 Å². The van der Waals surface area contributed by atoms with Gasteiger partial charge in [0.1, 0.15) is 5.75 Å². The van der Waals surface area contributed by atoms with E-state index in [0.717, 1.165) is 16.5 Å². The number of hydrogen-bond acceptors (Lipinski definition) is 2. The van der Waals surface area contributed by atoms with Gasteiger partial charge in [0.05, 0.1) is 0 Å². The van der Waals surface area contributed by atoms with Crippen molar-refractivity contribution in [3.05, 3.63) is 42.5 Å². The summed E-state index contributed by atoms with van der Waals surface area (Å²) in [6.07, 6.45) is -0.517. The van der Waals surface area contributed by atoms with E-state index in [2.05, 4.69) is 39.1 Å². The van der Waals surface area contributed by atoms with Gasteiger partial charge in [-0.3, -0.25) is 4.79 Å². The van der Waals surface area contributed by atoms with Crippen LogP contribution in [0.4, 0.5) is 0 Å². The minimum absolute atomic E-state index is 0.0643. The maximum Gasteiger partial charge on any atom is 0.261 e. The maximum absolute atomic E-state index is 12.4. The van der Waals surface area contributed by atoms with Gasteiger partial charge in [0.2, 0.25) is 0 Å². The normalized spacial score (nSPS) is 12.9. The standard InChI is InChI=1S/C20H27NO2/c1-13(2)19(14(3)4)21-20(22)15(5)23-18-11-10-16-8-6-7-9-17(16)12-18/h6-15,19H,1-5H3,(H,21,22)/t15-/m0/s1. The molecular weight excluding hydrogens is 286 g/mol. The van der Waals surface area contributed by atoms with Crippen LogP contribution >= 0.6 is 0 Å². The minimum atomic E-state index is -0.517. The second-order valence-corrected chi connectivity index (χ2v) is 6.79. The lowest BCUT2D eigenvalue weighted by Crippen LogP contribution is -2.47. The first-order chi connectivity index (χ1) is 10.9. The molecule has 0 bridgehead atoms. The first-order valence-electron chi connectivity index (χ1n) is 8.34. The molecule has 2 aromatic carbocycles. The van der Waals surface area contributed by atoms with Gasteiger partial charge >= 0.3 is 0 Å². The van der Waals surface area contributed by atoms with Crippen LogP contribution in [0.5, 0.6) is 5.75 Å². The van der Waals surface area contributed by atoms with Crippen LogP contribution in [-0.4, -0.2) is 18.1 Å². The van der Waals surface area contributed by atoms with E-state index >= 15 is 0 Å². The number of rotatable bonds is 6. The van der Waals surface area contributed by atoms with Crippen molar-refractivity contribution in [3.63, 3.8) is 0 Å². The van der Waals surface area contributed by atoms with Crippen LogP contribution in [-0.2, 0) is 4.79 Å². The van der Waals surface area contributed by atoms with Crippen molar-refractivity contribution in [2.45, 2.75) is 46.8 Å². The Balaban J connectivity index is 2.04. The number of nitrogens with one attached hydrogen (secondary N) is 1. The summed E-state index contributed by atoms with van der Waals surface area (Å²) in [5.41, 5.74) is 0. The largest absolute Gasteiger partial charge is 0.481 e. The third-order valence-electron chi connectivity index (χ3n) is 4.15. The molecule has 0 aliphatic heterocycles. The van der Waals surface area contributed by atoms with Crippen molar-refractivity contribution in [1.82, 2.24) is 5.32 Å². The van der Waals surface area contributed by atoms with Gasteiger partial charge in [-0.25, -0.2) is 0 Å². The van der Waals surface area contributed by atoms with Crippen LogP contribution in [0.25, 0.3) is 10.8 Å². The Morgan fingerprint density at radius 2 is 1.52 bits per heavy atom. The van der Waals surface area contributed by atoms with E-state index in [1.165, 1.54) is 0 Å². The second-order valence-electron chi connectivity index (χ2n) is 6.79. The highest BCUT2D eigenvalue weighted by molar-refractivity contribution is 5.84. The zero-order valence-corrected chi connectivity index (χ0v) is 14.7. The lowest BCUT2D eigenvalue weighted by Gasteiger charge is -2.27. The summed E-state index contributed by atoms with van der Waals surface area (Å²) < 4.78 is 5.83. The van der Waals surface area contributed by atoms with E-state index in [9.17, 15) is 4.79 Å². The van der Waals surface area contributed by atoms with Crippen molar-refractivity contribution in [2.24, 2.45) is 11.8 Å². The molecule has 0 fully saturated rings. The summed E-state index contributed by atoms with van der Waals surface area (Å²) in [6.45, 7) is 10.3. The Hall–Kier alpha value is -2.03. The SMILES string of the molecule is CC(C)C(NC(=O)[C@H](C)Oc1ccc2ccccc2c1)C(C)C. The summed E-state index contributed by atoms with van der Waals surface area (Å²) in [7, 11) is 0. The maximum atomic E-state index is 12.4. The molecule has 0 aliphatic rings. The van der Waals surface area contributed by atoms with Crippen LogP contribution in [0, 0.1) is 11.8 Å². The lowest BCUT2D eigenvalue weighted by atomic mass is 9.93. The average molecular weight is 313 g/mol. The molecular formula is C20H27NO2. The van der Waals surface area contributed by atoms with E-state index in [0.29, 0.717) is 11.8 Å². The average Bonchev–Trinajstić information content (AvgIpc) is 2.51. The van der Waals surface area contributed by atoms with Gasteiger partial charge in [0, 0.05) is 6.04 Å². The predicted molar refractivity (Wildman–Crippen MR) is 95.6 cm³/mol. The first-order valence-corrected chi connectivity index (χ1v) is 8.34. The number of carbonyl (C=O) groups excluding carboxylic acids is 1. The summed E-state index contributed by atoms with van der Waals surface area (Å²) >= 11 is 0. The Morgan fingerprint density at radius 1 is 0.913 bits per heavy atom. The van der Waals surface area contributed by atoms with Gasteiger partial charge in [0.15, 0.2) is 6.10 Å². The number of amides is 1. The summed E-state index contributed by atoms with van der Waals surface area (Å²) in [5.74, 6) is 1.45. The predicted octanol–water partition coefficient (Wildman–Crippen LogP) is 4.40. The third kappa shape index (κ3) is 4.47. The van der Waals surface area contributed by atoms with Gasteiger partial charge in [-0.15, -0.1) is 0 Å². The van der Waals surface area contributed by atoms with E-state index in [-0.39, 0.29) is 11.9 Å². The van der Waals surface area contributed by atoms with Crippen molar-refractivity contribution in [3.8, 4) is 5.75 Å². The van der Waals surface area contributed by atoms with Crippen LogP contribution in [0.1, 0.15) is 34.6 Å². The van der Waals surface area contributed by atoms with Gasteiger partial charge in [-0.2, -0.15) is 0 Å². The molecule has 124 valence electrons. The Kier molecular flexibility index (Phi) is 5.64. The molecule has 0 aliphatic carbocycles. The van der Waals surface area contributed by atoms with Gasteiger partial charge in [-0.05, 0) is 41.7 Å². The van der Waals surface area contributed by atoms with Crippen LogP contribution < -0.4 is 10.1 Å². The van der Waals surface area contributed by atoms with Gasteiger partial charge in [0.25, 0.3) is 5.91 Å². The molecule has 1 N–H and O–H groups in total. The number of benzene rings is 2. The second kappa shape index (κ2) is 7.49. The molecule has 0 spiro atoms. The van der Waals surface area contributed by atoms with Crippen LogP contribution in [0.3, 0.4) is 0 Å². The molecule has 2 rings (SSSR count). The number of ether oxygens (including phenoxy) is 1. The number of fused-ring (bicyclic) bond motifs is 1. The lowest BCUT2D eigenvalue weighted by molar-refractivity contribution is -0.128. The van der Waals surface area contributed by atoms with Crippen molar-refractivity contribution in [1.29, 1.82) is 0 Å². The molecule has 0 radical (unpaired) electrons. The van der Waals surface area contributed by atoms with Crippen molar-refractivity contribution in [2.75, 3.05) is 0 Å². The Bertz CT molecular complexity index is 655. The highest BCUT2D eigenvalue weighted by Crippen LogP contribution is 2.21. The Morgan fingerprint density at radius 3 is 2.13 bits per heavy atom. The van der Waals surface area contributed by atoms with E-state index in [4.69, 9.17) is 4.74 Å². The molecule has 0 heterocycles. The zero-order valence-electron chi connectivity index (χ0n) is 14.7. The fourth-order valence-corrected chi connectivity index (χ4v) is 2.88. The van der Waals surface area contributed by atoms with Crippen molar-refractivity contribution < 1.29 is 9.53 Å². The molecule has 0 unspecified atom stereocenters. The van der Waals surface area contributed by atoms with Crippen molar-refractivity contribution >= 4 is 16.7 Å². The monoisotopic (exact) mass is 313 g/mol. The summed E-state index contributed by atoms with van der Waals surface area (Å²) in [6, 6.07) is 14.2. The molecule has 3 heteroatoms. The highest BCUT2D eigenvalue weighted by Gasteiger charge is 2.23. The van der Waals surface area contributed by atoms with Gasteiger partial charge in [-0.1, -0.05) is 58.0 Å². The third-order valence-corrected chi connectivity index (χ3v) is 4.15. The molecule has 2 aromatic rings. The summed E-state index contributed by atoms with van der Waals surface area (Å²) in [4.78, 5) is 12.4. The molecule has 1 amide bonds. The summed E-state index contributed by atoms with van der Waals surface area (Å²) in [5, 5.41) is 5.38. The molecule has 0 saturated heterocycles. The molecule has 1 atom stereocenters.